The fourth-order valence-electron chi connectivity index (χ4n) is 2.92. The number of aryl methyl sites for hydroxylation is 1. The molecule has 3 rings (SSSR count). The van der Waals surface area contributed by atoms with E-state index >= 15 is 0 Å². The molecule has 1 aliphatic rings. The van der Waals surface area contributed by atoms with Gasteiger partial charge in [0.15, 0.2) is 0 Å². The summed E-state index contributed by atoms with van der Waals surface area (Å²) >= 11 is 3.46. The van der Waals surface area contributed by atoms with Gasteiger partial charge in [0.25, 0.3) is 0 Å². The van der Waals surface area contributed by atoms with Crippen molar-refractivity contribution in [1.82, 2.24) is 5.32 Å². The molecule has 0 saturated carbocycles. The predicted octanol–water partition coefficient (Wildman–Crippen LogP) is 4.46. The van der Waals surface area contributed by atoms with Crippen LogP contribution in [0.1, 0.15) is 35.6 Å². The topological polar surface area (TPSA) is 32.3 Å². The minimum Gasteiger partial charge on any atom is -0.508 e. The fourth-order valence-corrected chi connectivity index (χ4v) is 3.31. The second-order valence-electron chi connectivity index (χ2n) is 5.44. The van der Waals surface area contributed by atoms with Crippen molar-refractivity contribution in [2.75, 3.05) is 0 Å². The van der Waals surface area contributed by atoms with Crippen molar-refractivity contribution in [3.8, 4) is 5.75 Å². The Balaban J connectivity index is 1.76. The average Bonchev–Trinajstić information content (AvgIpc) is 2.47. The van der Waals surface area contributed by atoms with Crippen molar-refractivity contribution < 1.29 is 9.50 Å². The molecule has 1 unspecified atom stereocenters. The number of nitrogens with one attached hydrogen (secondary N) is 1. The third-order valence-electron chi connectivity index (χ3n) is 3.99. The predicted molar refractivity (Wildman–Crippen MR) is 84.7 cm³/mol. The molecule has 21 heavy (non-hydrogen) atoms. The first-order valence-electron chi connectivity index (χ1n) is 7.12. The minimum atomic E-state index is -0.219. The smallest absolute Gasteiger partial charge is 0.123 e. The highest BCUT2D eigenvalue weighted by Gasteiger charge is 2.20. The van der Waals surface area contributed by atoms with Crippen molar-refractivity contribution in [2.24, 2.45) is 0 Å². The molecule has 2 aromatic carbocycles. The van der Waals surface area contributed by atoms with Crippen LogP contribution in [0.4, 0.5) is 4.39 Å². The lowest BCUT2D eigenvalue weighted by atomic mass is 9.87. The number of aromatic hydroxyl groups is 1. The molecule has 110 valence electrons. The maximum atomic E-state index is 13.3. The van der Waals surface area contributed by atoms with Crippen LogP contribution >= 0.6 is 15.9 Å². The van der Waals surface area contributed by atoms with Crippen molar-refractivity contribution in [3.63, 3.8) is 0 Å². The lowest BCUT2D eigenvalue weighted by Crippen LogP contribution is -2.25. The number of hydrogen-bond donors (Lipinski definition) is 2. The fraction of sp³-hybridized carbons (Fsp3) is 0.294. The van der Waals surface area contributed by atoms with E-state index < -0.39 is 0 Å². The first-order valence-corrected chi connectivity index (χ1v) is 7.92. The number of halogens is 2. The van der Waals surface area contributed by atoms with E-state index in [0.717, 1.165) is 29.3 Å². The monoisotopic (exact) mass is 349 g/mol. The van der Waals surface area contributed by atoms with Gasteiger partial charge in [-0.3, -0.25) is 0 Å². The van der Waals surface area contributed by atoms with Gasteiger partial charge in [0.05, 0.1) is 0 Å². The summed E-state index contributed by atoms with van der Waals surface area (Å²) in [5.74, 6) is 0.103. The number of fused-ring (bicyclic) bond motifs is 1. The number of phenols is 1. The van der Waals surface area contributed by atoms with Gasteiger partial charge in [0.2, 0.25) is 0 Å². The molecule has 2 aromatic rings. The first-order chi connectivity index (χ1) is 10.1. The van der Waals surface area contributed by atoms with Crippen LogP contribution in [-0.4, -0.2) is 5.11 Å². The van der Waals surface area contributed by atoms with E-state index in [2.05, 4.69) is 21.2 Å². The molecule has 0 aromatic heterocycles. The van der Waals surface area contributed by atoms with Gasteiger partial charge >= 0.3 is 0 Å². The molecular weight excluding hydrogens is 333 g/mol. The summed E-state index contributed by atoms with van der Waals surface area (Å²) < 4.78 is 14.2. The Morgan fingerprint density at radius 2 is 2.10 bits per heavy atom. The largest absolute Gasteiger partial charge is 0.508 e. The average molecular weight is 350 g/mol. The van der Waals surface area contributed by atoms with Crippen LogP contribution in [-0.2, 0) is 13.0 Å². The van der Waals surface area contributed by atoms with Gasteiger partial charge in [-0.15, -0.1) is 0 Å². The summed E-state index contributed by atoms with van der Waals surface area (Å²) in [4.78, 5) is 0. The third kappa shape index (κ3) is 3.27. The molecule has 0 bridgehead atoms. The van der Waals surface area contributed by atoms with Crippen LogP contribution < -0.4 is 5.32 Å². The second-order valence-corrected chi connectivity index (χ2v) is 6.30. The highest BCUT2D eigenvalue weighted by molar-refractivity contribution is 9.10. The summed E-state index contributed by atoms with van der Waals surface area (Å²) in [7, 11) is 0. The van der Waals surface area contributed by atoms with Gasteiger partial charge in [-0.1, -0.05) is 22.0 Å². The normalized spacial score (nSPS) is 17.5. The molecular formula is C17H17BrFNO. The summed E-state index contributed by atoms with van der Waals surface area (Å²) in [6.45, 7) is 0.614. The number of rotatable bonds is 3. The number of hydrogen-bond acceptors (Lipinski definition) is 2. The maximum absolute atomic E-state index is 13.3. The van der Waals surface area contributed by atoms with Gasteiger partial charge in [-0.05, 0) is 66.3 Å². The molecule has 2 nitrogen and oxygen atoms in total. The zero-order valence-corrected chi connectivity index (χ0v) is 13.2. The highest BCUT2D eigenvalue weighted by Crippen LogP contribution is 2.32. The van der Waals surface area contributed by atoms with Gasteiger partial charge < -0.3 is 10.4 Å². The molecule has 4 heteroatoms. The standard InChI is InChI=1S/C17H17BrFNO/c18-16-7-4-13(19)8-12(16)10-20-17-3-1-2-11-9-14(21)5-6-15(11)17/h4-9,17,20-21H,1-3,10H2. The molecule has 2 N–H and O–H groups in total. The second kappa shape index (κ2) is 6.16. The van der Waals surface area contributed by atoms with Gasteiger partial charge in [-0.2, -0.15) is 0 Å². The molecule has 0 heterocycles. The van der Waals surface area contributed by atoms with Crippen LogP contribution in [0.5, 0.6) is 5.75 Å². The summed E-state index contributed by atoms with van der Waals surface area (Å²) in [5.41, 5.74) is 3.37. The minimum absolute atomic E-state index is 0.219. The van der Waals surface area contributed by atoms with Crippen molar-refractivity contribution in [2.45, 2.75) is 31.8 Å². The molecule has 0 fully saturated rings. The van der Waals surface area contributed by atoms with Crippen molar-refractivity contribution >= 4 is 15.9 Å². The molecule has 0 radical (unpaired) electrons. The van der Waals surface area contributed by atoms with E-state index in [0.29, 0.717) is 12.3 Å². The van der Waals surface area contributed by atoms with Crippen molar-refractivity contribution in [1.29, 1.82) is 0 Å². The summed E-state index contributed by atoms with van der Waals surface area (Å²) in [5, 5.41) is 13.1. The molecule has 0 aliphatic heterocycles. The Morgan fingerprint density at radius 1 is 1.24 bits per heavy atom. The zero-order valence-electron chi connectivity index (χ0n) is 11.6. The number of benzene rings is 2. The van der Waals surface area contributed by atoms with E-state index in [1.807, 2.05) is 12.1 Å². The Bertz CT molecular complexity index is 659. The summed E-state index contributed by atoms with van der Waals surface area (Å²) in [6.07, 6.45) is 3.16. The first kappa shape index (κ1) is 14.5. The van der Waals surface area contributed by atoms with Crippen LogP contribution in [0.3, 0.4) is 0 Å². The maximum Gasteiger partial charge on any atom is 0.123 e. The van der Waals surface area contributed by atoms with Crippen LogP contribution in [0.15, 0.2) is 40.9 Å². The van der Waals surface area contributed by atoms with E-state index in [1.54, 1.807) is 18.2 Å². The Kier molecular flexibility index (Phi) is 4.27. The molecule has 1 aliphatic carbocycles. The molecule has 0 amide bonds. The Labute approximate surface area is 132 Å². The van der Waals surface area contributed by atoms with Gasteiger partial charge in [0, 0.05) is 17.1 Å². The Morgan fingerprint density at radius 3 is 2.95 bits per heavy atom. The highest BCUT2D eigenvalue weighted by atomic mass is 79.9. The Hall–Kier alpha value is -1.39. The lowest BCUT2D eigenvalue weighted by molar-refractivity contribution is 0.448. The van der Waals surface area contributed by atoms with E-state index in [1.165, 1.54) is 17.2 Å². The van der Waals surface area contributed by atoms with Crippen molar-refractivity contribution in [3.05, 3.63) is 63.4 Å². The quantitative estimate of drug-likeness (QED) is 0.857. The molecule has 1 atom stereocenters. The van der Waals surface area contributed by atoms with E-state index in [9.17, 15) is 9.50 Å². The lowest BCUT2D eigenvalue weighted by Gasteiger charge is -2.27. The van der Waals surface area contributed by atoms with Crippen LogP contribution in [0.2, 0.25) is 0 Å². The van der Waals surface area contributed by atoms with Crippen LogP contribution in [0, 0.1) is 5.82 Å². The van der Waals surface area contributed by atoms with Crippen LogP contribution in [0.25, 0.3) is 0 Å². The number of phenolic OH excluding ortho intramolecular Hbond substituents is 1. The summed E-state index contributed by atoms with van der Waals surface area (Å²) in [6, 6.07) is 10.6. The third-order valence-corrected chi connectivity index (χ3v) is 4.76. The van der Waals surface area contributed by atoms with E-state index in [-0.39, 0.29) is 11.9 Å². The SMILES string of the molecule is Oc1ccc2c(c1)CCCC2NCc1cc(F)ccc1Br. The van der Waals surface area contributed by atoms with E-state index in [4.69, 9.17) is 0 Å². The molecule has 0 saturated heterocycles. The molecule has 0 spiro atoms. The zero-order chi connectivity index (χ0) is 14.8. The van der Waals surface area contributed by atoms with Gasteiger partial charge in [0.1, 0.15) is 11.6 Å². The van der Waals surface area contributed by atoms with Gasteiger partial charge in [-0.25, -0.2) is 4.39 Å².